The third-order valence-electron chi connectivity index (χ3n) is 16.4. The van der Waals surface area contributed by atoms with Gasteiger partial charge in [-0.1, -0.05) is 26.0 Å². The number of unbranched alkanes of at least 4 members (excludes halogenated alkanes) is 1. The number of hydrogen-bond acceptors (Lipinski definition) is 8. The topological polar surface area (TPSA) is 192 Å². The van der Waals surface area contributed by atoms with Gasteiger partial charge in [0.2, 0.25) is 0 Å². The molecular formula is C50H72N2O10. The van der Waals surface area contributed by atoms with E-state index in [1.165, 1.54) is 103 Å². The van der Waals surface area contributed by atoms with E-state index in [1.54, 1.807) is 36.5 Å². The number of carboxylic acid groups (broad SMARTS) is 4. The first-order valence-corrected chi connectivity index (χ1v) is 23.4. The Morgan fingerprint density at radius 1 is 0.565 bits per heavy atom. The Balaban J connectivity index is 0.000000342. The van der Waals surface area contributed by atoms with E-state index in [1.807, 2.05) is 0 Å². The lowest BCUT2D eigenvalue weighted by Gasteiger charge is -2.51. The highest BCUT2D eigenvalue weighted by atomic mass is 16.5. The Morgan fingerprint density at radius 3 is 1.27 bits per heavy atom. The molecule has 12 heteroatoms. The minimum absolute atomic E-state index is 0.296. The van der Waals surface area contributed by atoms with Gasteiger partial charge in [-0.3, -0.25) is 19.2 Å². The van der Waals surface area contributed by atoms with Crippen LogP contribution in [0.2, 0.25) is 0 Å². The maximum Gasteiger partial charge on any atom is 0.303 e. The average Bonchev–Trinajstić information content (AvgIpc) is 3.78. The molecule has 0 aliphatic heterocycles. The van der Waals surface area contributed by atoms with Crippen LogP contribution in [0.4, 0.5) is 0 Å². The second-order valence-corrected chi connectivity index (χ2v) is 19.5. The van der Waals surface area contributed by atoms with Gasteiger partial charge >= 0.3 is 23.9 Å². The van der Waals surface area contributed by atoms with Crippen molar-refractivity contribution >= 4 is 23.9 Å². The lowest BCUT2D eigenvalue weighted by molar-refractivity contribution is -0.143. The van der Waals surface area contributed by atoms with Gasteiger partial charge in [0.1, 0.15) is 11.5 Å². The number of benzene rings is 2. The van der Waals surface area contributed by atoms with E-state index in [-0.39, 0.29) is 25.7 Å². The van der Waals surface area contributed by atoms with E-state index in [4.69, 9.17) is 29.9 Å². The molecule has 10 atom stereocenters. The SMILES string of the molecule is COc1ccc2c(c1)CCC1C2CC[C@@]2(C)C1CC[C@@H]2NCCCCN[C@H]1CCC2C3CCc4cc(OC)ccc4C3CC[C@@]21C.O=C(O)CCC(=O)O.O=C(O)CCC(=O)O. The summed E-state index contributed by atoms with van der Waals surface area (Å²) in [6.07, 6.45) is 17.7. The number of fused-ring (bicyclic) bond motifs is 10. The summed E-state index contributed by atoms with van der Waals surface area (Å²) in [4.78, 5) is 38.6. The van der Waals surface area contributed by atoms with E-state index in [0.717, 1.165) is 47.0 Å². The first kappa shape index (κ1) is 47.3. The van der Waals surface area contributed by atoms with Crippen LogP contribution >= 0.6 is 0 Å². The van der Waals surface area contributed by atoms with Gasteiger partial charge < -0.3 is 40.5 Å². The number of aliphatic carboxylic acids is 4. The molecule has 0 aromatic heterocycles. The molecule has 0 spiro atoms. The van der Waals surface area contributed by atoms with Gasteiger partial charge in [0.05, 0.1) is 39.9 Å². The molecule has 12 nitrogen and oxygen atoms in total. The number of carbonyl (C=O) groups is 4. The molecule has 8 rings (SSSR count). The summed E-state index contributed by atoms with van der Waals surface area (Å²) in [5, 5.41) is 39.8. The zero-order valence-corrected chi connectivity index (χ0v) is 37.5. The fourth-order valence-corrected chi connectivity index (χ4v) is 13.3. The number of rotatable bonds is 15. The van der Waals surface area contributed by atoms with Crippen molar-refractivity contribution in [2.24, 2.45) is 34.5 Å². The Kier molecular flexibility index (Phi) is 16.0. The van der Waals surface area contributed by atoms with Crippen molar-refractivity contribution in [3.05, 3.63) is 58.7 Å². The molecule has 6 N–H and O–H groups in total. The van der Waals surface area contributed by atoms with Crippen molar-refractivity contribution in [1.82, 2.24) is 10.6 Å². The van der Waals surface area contributed by atoms with Crippen LogP contribution in [0.15, 0.2) is 36.4 Å². The van der Waals surface area contributed by atoms with Crippen LogP contribution in [-0.4, -0.2) is 83.7 Å². The van der Waals surface area contributed by atoms with Gasteiger partial charge in [-0.25, -0.2) is 0 Å². The first-order chi connectivity index (χ1) is 29.7. The van der Waals surface area contributed by atoms with Crippen molar-refractivity contribution in [3.8, 4) is 11.5 Å². The monoisotopic (exact) mass is 861 g/mol. The van der Waals surface area contributed by atoms with Crippen LogP contribution in [0.3, 0.4) is 0 Å². The van der Waals surface area contributed by atoms with E-state index in [9.17, 15) is 19.2 Å². The summed E-state index contributed by atoms with van der Waals surface area (Å²) < 4.78 is 11.1. The zero-order chi connectivity index (χ0) is 44.6. The van der Waals surface area contributed by atoms with Crippen molar-refractivity contribution in [3.63, 3.8) is 0 Å². The molecule has 6 aliphatic rings. The molecule has 62 heavy (non-hydrogen) atoms. The second kappa shape index (κ2) is 21.0. The summed E-state index contributed by atoms with van der Waals surface area (Å²) in [7, 11) is 3.59. The normalized spacial score (nSPS) is 31.1. The Morgan fingerprint density at radius 2 is 0.935 bits per heavy atom. The highest BCUT2D eigenvalue weighted by Crippen LogP contribution is 2.62. The number of methoxy groups -OCH3 is 2. The molecule has 6 unspecified atom stereocenters. The molecule has 0 radical (unpaired) electrons. The number of hydrogen-bond donors (Lipinski definition) is 6. The molecule has 0 bridgehead atoms. The summed E-state index contributed by atoms with van der Waals surface area (Å²) in [6.45, 7) is 7.67. The standard InChI is InChI=1S/C42H60N2O2.2C4H6O4/c1-41-21-19-33-31-13-9-29(45-3)25-27(31)7-11-35(33)37(41)15-17-39(41)43-23-5-6-24-44-40-18-16-38-36-12-8-28-26-30(46-4)10-14-32(28)34(36)20-22-42(38,40)2;2*5-3(6)1-2-4(7)8/h9-10,13-14,25-26,33-40,43-44H,5-8,11-12,15-24H2,1-4H3;2*1-2H2,(H,5,6)(H,7,8)/t33?,34?,35?,36?,37?,38?,39-,40-,41-,42-;;/m0../s1. The number of ether oxygens (including phenoxy) is 2. The predicted octanol–water partition coefficient (Wildman–Crippen LogP) is 8.68. The number of carboxylic acids is 4. The Hall–Kier alpha value is -4.16. The van der Waals surface area contributed by atoms with Gasteiger partial charge in [-0.2, -0.15) is 0 Å². The third kappa shape index (κ3) is 10.8. The molecule has 2 aromatic carbocycles. The Bertz CT molecular complexity index is 1720. The number of aryl methyl sites for hydroxylation is 2. The molecular weight excluding hydrogens is 789 g/mol. The highest BCUT2D eigenvalue weighted by Gasteiger charge is 2.56. The van der Waals surface area contributed by atoms with Gasteiger partial charge in [0.25, 0.3) is 0 Å². The van der Waals surface area contributed by atoms with Crippen molar-refractivity contribution in [1.29, 1.82) is 0 Å². The maximum absolute atomic E-state index is 9.64. The van der Waals surface area contributed by atoms with E-state index >= 15 is 0 Å². The van der Waals surface area contributed by atoms with Crippen molar-refractivity contribution < 1.29 is 49.1 Å². The van der Waals surface area contributed by atoms with Gasteiger partial charge in [0.15, 0.2) is 0 Å². The van der Waals surface area contributed by atoms with Crippen LogP contribution < -0.4 is 20.1 Å². The minimum Gasteiger partial charge on any atom is -0.497 e. The molecule has 4 fully saturated rings. The van der Waals surface area contributed by atoms with E-state index in [2.05, 4.69) is 60.9 Å². The smallest absolute Gasteiger partial charge is 0.303 e. The second-order valence-electron chi connectivity index (χ2n) is 19.5. The highest BCUT2D eigenvalue weighted by molar-refractivity contribution is 5.75. The van der Waals surface area contributed by atoms with Crippen molar-refractivity contribution in [2.75, 3.05) is 27.3 Å². The molecule has 6 aliphatic carbocycles. The largest absolute Gasteiger partial charge is 0.497 e. The van der Waals surface area contributed by atoms with Crippen molar-refractivity contribution in [2.45, 2.75) is 153 Å². The molecule has 2 aromatic rings. The Labute approximate surface area is 367 Å². The fraction of sp³-hybridized carbons (Fsp3) is 0.680. The lowest BCUT2D eigenvalue weighted by atomic mass is 9.55. The first-order valence-electron chi connectivity index (χ1n) is 23.4. The maximum atomic E-state index is 9.64. The quantitative estimate of drug-likeness (QED) is 0.0936. The molecule has 4 saturated carbocycles. The van der Waals surface area contributed by atoms with E-state index < -0.39 is 23.9 Å². The lowest BCUT2D eigenvalue weighted by Crippen LogP contribution is -2.49. The summed E-state index contributed by atoms with van der Waals surface area (Å²) in [5.41, 5.74) is 7.35. The summed E-state index contributed by atoms with van der Waals surface area (Å²) in [6, 6.07) is 15.2. The molecule has 0 heterocycles. The van der Waals surface area contributed by atoms with Gasteiger partial charge in [0, 0.05) is 12.1 Å². The van der Waals surface area contributed by atoms with Gasteiger partial charge in [-0.05, 0) is 196 Å². The minimum atomic E-state index is -1.08. The molecule has 0 saturated heterocycles. The summed E-state index contributed by atoms with van der Waals surface area (Å²) in [5.74, 6) is 2.78. The number of nitrogens with one attached hydrogen (secondary N) is 2. The zero-order valence-electron chi connectivity index (χ0n) is 37.5. The predicted molar refractivity (Wildman–Crippen MR) is 237 cm³/mol. The average molecular weight is 861 g/mol. The van der Waals surface area contributed by atoms with Crippen LogP contribution in [-0.2, 0) is 32.0 Å². The molecule has 342 valence electrons. The van der Waals surface area contributed by atoms with Crippen LogP contribution in [0, 0.1) is 34.5 Å². The van der Waals surface area contributed by atoms with Crippen LogP contribution in [0.1, 0.15) is 151 Å². The van der Waals surface area contributed by atoms with E-state index in [0.29, 0.717) is 22.9 Å². The molecule has 0 amide bonds. The van der Waals surface area contributed by atoms with Crippen LogP contribution in [0.5, 0.6) is 11.5 Å². The van der Waals surface area contributed by atoms with Gasteiger partial charge in [-0.15, -0.1) is 0 Å². The fourth-order valence-electron chi connectivity index (χ4n) is 13.3. The summed E-state index contributed by atoms with van der Waals surface area (Å²) >= 11 is 0. The van der Waals surface area contributed by atoms with Crippen LogP contribution in [0.25, 0.3) is 0 Å². The third-order valence-corrected chi connectivity index (χ3v) is 16.4.